The molecular weight excluding hydrogens is 281 g/mol. The molecule has 6 heteroatoms. The van der Waals surface area contributed by atoms with Gasteiger partial charge in [0.1, 0.15) is 5.69 Å². The Balaban J connectivity index is 2.41. The highest BCUT2D eigenvalue weighted by atomic mass is 19.4. The second-order valence-corrected chi connectivity index (χ2v) is 4.54. The maximum atomic E-state index is 12.9. The average molecular weight is 294 g/mol. The zero-order valence-electron chi connectivity index (χ0n) is 11.5. The lowest BCUT2D eigenvalue weighted by Gasteiger charge is -2.12. The van der Waals surface area contributed by atoms with Crippen molar-refractivity contribution in [1.82, 2.24) is 10.3 Å². The molecule has 0 unspecified atom stereocenters. The van der Waals surface area contributed by atoms with Gasteiger partial charge in [0, 0.05) is 18.8 Å². The fourth-order valence-electron chi connectivity index (χ4n) is 1.93. The number of hydrogen-bond donors (Lipinski definition) is 1. The van der Waals surface area contributed by atoms with Gasteiger partial charge in [-0.25, -0.2) is 0 Å². The van der Waals surface area contributed by atoms with Crippen LogP contribution in [0.25, 0.3) is 11.1 Å². The van der Waals surface area contributed by atoms with Gasteiger partial charge in [0.2, 0.25) is 0 Å². The standard InChI is InChI=1S/C15H13F3N2O/c1-9-3-4-10(7-12(9)15(16,17)18)11-5-6-13(20-8-11)14(21)19-2/h3-8H,1-2H3,(H,19,21). The smallest absolute Gasteiger partial charge is 0.354 e. The number of hydrogen-bond acceptors (Lipinski definition) is 2. The molecule has 1 amide bonds. The number of rotatable bonds is 2. The number of carbonyl (C=O) groups excluding carboxylic acids is 1. The van der Waals surface area contributed by atoms with Crippen LogP contribution in [0.15, 0.2) is 36.5 Å². The molecule has 0 spiro atoms. The van der Waals surface area contributed by atoms with Crippen LogP contribution in [0, 0.1) is 6.92 Å². The highest BCUT2D eigenvalue weighted by Gasteiger charge is 2.32. The Morgan fingerprint density at radius 1 is 1.14 bits per heavy atom. The molecule has 2 aromatic rings. The van der Waals surface area contributed by atoms with E-state index in [2.05, 4.69) is 10.3 Å². The molecule has 1 aromatic heterocycles. The second-order valence-electron chi connectivity index (χ2n) is 4.54. The van der Waals surface area contributed by atoms with Gasteiger partial charge in [0.15, 0.2) is 0 Å². The molecule has 0 aliphatic carbocycles. The first kappa shape index (κ1) is 15.0. The fraction of sp³-hybridized carbons (Fsp3) is 0.200. The zero-order valence-corrected chi connectivity index (χ0v) is 11.5. The molecule has 0 radical (unpaired) electrons. The summed E-state index contributed by atoms with van der Waals surface area (Å²) in [6.45, 7) is 1.42. The molecule has 0 saturated heterocycles. The number of nitrogens with one attached hydrogen (secondary N) is 1. The Morgan fingerprint density at radius 3 is 2.33 bits per heavy atom. The van der Waals surface area contributed by atoms with Crippen LogP contribution in [0.5, 0.6) is 0 Å². The van der Waals surface area contributed by atoms with E-state index in [1.807, 2.05) is 0 Å². The number of benzene rings is 1. The number of carbonyl (C=O) groups is 1. The van der Waals surface area contributed by atoms with E-state index < -0.39 is 11.7 Å². The third kappa shape index (κ3) is 3.21. The highest BCUT2D eigenvalue weighted by molar-refractivity contribution is 5.92. The van der Waals surface area contributed by atoms with Crippen molar-refractivity contribution >= 4 is 5.91 Å². The molecule has 1 N–H and O–H groups in total. The van der Waals surface area contributed by atoms with E-state index in [4.69, 9.17) is 0 Å². The lowest BCUT2D eigenvalue weighted by Crippen LogP contribution is -2.18. The van der Waals surface area contributed by atoms with Crippen molar-refractivity contribution in [2.75, 3.05) is 7.05 Å². The van der Waals surface area contributed by atoms with E-state index in [0.29, 0.717) is 11.1 Å². The molecule has 110 valence electrons. The van der Waals surface area contributed by atoms with Crippen LogP contribution in [0.2, 0.25) is 0 Å². The van der Waals surface area contributed by atoms with Crippen LogP contribution >= 0.6 is 0 Å². The lowest BCUT2D eigenvalue weighted by atomic mass is 10.0. The van der Waals surface area contributed by atoms with Crippen LogP contribution in [-0.4, -0.2) is 17.9 Å². The van der Waals surface area contributed by atoms with E-state index in [1.165, 1.54) is 32.3 Å². The fourth-order valence-corrected chi connectivity index (χ4v) is 1.93. The first-order valence-electron chi connectivity index (χ1n) is 6.19. The van der Waals surface area contributed by atoms with Crippen LogP contribution in [0.1, 0.15) is 21.6 Å². The monoisotopic (exact) mass is 294 g/mol. The molecule has 2 rings (SSSR count). The minimum absolute atomic E-state index is 0.168. The topological polar surface area (TPSA) is 42.0 Å². The molecule has 21 heavy (non-hydrogen) atoms. The zero-order chi connectivity index (χ0) is 15.6. The predicted molar refractivity (Wildman–Crippen MR) is 72.8 cm³/mol. The molecule has 0 saturated carbocycles. The van der Waals surface area contributed by atoms with E-state index in [1.54, 1.807) is 12.1 Å². The Kier molecular flexibility index (Phi) is 3.97. The van der Waals surface area contributed by atoms with Crippen LogP contribution in [-0.2, 0) is 6.18 Å². The molecule has 3 nitrogen and oxygen atoms in total. The molecule has 0 fully saturated rings. The molecule has 0 aliphatic rings. The third-order valence-corrected chi connectivity index (χ3v) is 3.10. The number of aromatic nitrogens is 1. The maximum Gasteiger partial charge on any atom is 0.416 e. The normalized spacial score (nSPS) is 11.3. The largest absolute Gasteiger partial charge is 0.416 e. The van der Waals surface area contributed by atoms with Crippen molar-refractivity contribution in [2.45, 2.75) is 13.1 Å². The quantitative estimate of drug-likeness (QED) is 0.922. The van der Waals surface area contributed by atoms with Crippen LogP contribution < -0.4 is 5.32 Å². The van der Waals surface area contributed by atoms with Crippen LogP contribution in [0.3, 0.4) is 0 Å². The van der Waals surface area contributed by atoms with E-state index >= 15 is 0 Å². The first-order chi connectivity index (χ1) is 9.82. The maximum absolute atomic E-state index is 12.9. The van der Waals surface area contributed by atoms with Gasteiger partial charge in [0.25, 0.3) is 5.91 Å². The summed E-state index contributed by atoms with van der Waals surface area (Å²) in [7, 11) is 1.48. The van der Waals surface area contributed by atoms with Crippen molar-refractivity contribution in [3.8, 4) is 11.1 Å². The molecule has 1 aromatic carbocycles. The minimum Gasteiger partial charge on any atom is -0.354 e. The molecule has 0 aliphatic heterocycles. The summed E-state index contributed by atoms with van der Waals surface area (Å²) in [4.78, 5) is 15.3. The van der Waals surface area contributed by atoms with Gasteiger partial charge in [-0.1, -0.05) is 18.2 Å². The molecule has 1 heterocycles. The Bertz CT molecular complexity index is 664. The number of pyridine rings is 1. The van der Waals surface area contributed by atoms with Crippen molar-refractivity contribution < 1.29 is 18.0 Å². The summed E-state index contributed by atoms with van der Waals surface area (Å²) in [5.41, 5.74) is 0.637. The third-order valence-electron chi connectivity index (χ3n) is 3.10. The highest BCUT2D eigenvalue weighted by Crippen LogP contribution is 2.34. The van der Waals surface area contributed by atoms with Gasteiger partial charge < -0.3 is 5.32 Å². The Labute approximate surface area is 119 Å². The Hall–Kier alpha value is -2.37. The van der Waals surface area contributed by atoms with Gasteiger partial charge in [-0.15, -0.1) is 0 Å². The van der Waals surface area contributed by atoms with Crippen molar-refractivity contribution in [1.29, 1.82) is 0 Å². The first-order valence-corrected chi connectivity index (χ1v) is 6.19. The number of amides is 1. The predicted octanol–water partition coefficient (Wildman–Crippen LogP) is 3.44. The number of aryl methyl sites for hydroxylation is 1. The molecule has 0 bridgehead atoms. The summed E-state index contributed by atoms with van der Waals surface area (Å²) >= 11 is 0. The van der Waals surface area contributed by atoms with Crippen molar-refractivity contribution in [3.63, 3.8) is 0 Å². The lowest BCUT2D eigenvalue weighted by molar-refractivity contribution is -0.138. The summed E-state index contributed by atoms with van der Waals surface area (Å²) in [6, 6.07) is 7.15. The van der Waals surface area contributed by atoms with E-state index in [9.17, 15) is 18.0 Å². The van der Waals surface area contributed by atoms with Crippen molar-refractivity contribution in [2.24, 2.45) is 0 Å². The summed E-state index contributed by atoms with van der Waals surface area (Å²) in [5.74, 6) is -0.346. The summed E-state index contributed by atoms with van der Waals surface area (Å²) < 4.78 is 38.7. The summed E-state index contributed by atoms with van der Waals surface area (Å²) in [5, 5.41) is 2.43. The molecular formula is C15H13F3N2O. The van der Waals surface area contributed by atoms with Gasteiger partial charge in [-0.05, 0) is 30.2 Å². The Morgan fingerprint density at radius 2 is 1.81 bits per heavy atom. The van der Waals surface area contributed by atoms with Gasteiger partial charge in [0.05, 0.1) is 5.56 Å². The van der Waals surface area contributed by atoms with Gasteiger partial charge in [-0.3, -0.25) is 9.78 Å². The number of alkyl halides is 3. The molecule has 0 atom stereocenters. The van der Waals surface area contributed by atoms with E-state index in [-0.39, 0.29) is 17.2 Å². The van der Waals surface area contributed by atoms with Crippen LogP contribution in [0.4, 0.5) is 13.2 Å². The number of halogens is 3. The average Bonchev–Trinajstić information content (AvgIpc) is 2.46. The SMILES string of the molecule is CNC(=O)c1ccc(-c2ccc(C)c(C(F)(F)F)c2)cn1. The minimum atomic E-state index is -4.39. The van der Waals surface area contributed by atoms with Gasteiger partial charge >= 0.3 is 6.18 Å². The summed E-state index contributed by atoms with van der Waals surface area (Å²) in [6.07, 6.45) is -3.01. The van der Waals surface area contributed by atoms with E-state index in [0.717, 1.165) is 6.07 Å². The number of nitrogens with zero attached hydrogens (tertiary/aromatic N) is 1. The second kappa shape index (κ2) is 5.55. The van der Waals surface area contributed by atoms with Crippen molar-refractivity contribution in [3.05, 3.63) is 53.3 Å². The van der Waals surface area contributed by atoms with Gasteiger partial charge in [-0.2, -0.15) is 13.2 Å².